The summed E-state index contributed by atoms with van der Waals surface area (Å²) in [6.07, 6.45) is 0. The zero-order chi connectivity index (χ0) is 11.2. The number of fused-ring (bicyclic) bond motifs is 2. The predicted octanol–water partition coefficient (Wildman–Crippen LogP) is -1.08. The Balaban J connectivity index is 1.48. The van der Waals surface area contributed by atoms with Gasteiger partial charge in [0.05, 0.1) is 19.8 Å². The van der Waals surface area contributed by atoms with Crippen LogP contribution in [0.3, 0.4) is 0 Å². The van der Waals surface area contributed by atoms with Gasteiger partial charge in [0.1, 0.15) is 0 Å². The van der Waals surface area contributed by atoms with Gasteiger partial charge in [0, 0.05) is 39.3 Å². The van der Waals surface area contributed by atoms with Crippen molar-refractivity contribution in [1.82, 2.24) is 19.6 Å². The van der Waals surface area contributed by atoms with Gasteiger partial charge in [0.15, 0.2) is 11.9 Å². The zero-order valence-electron chi connectivity index (χ0n) is 10.0. The summed E-state index contributed by atoms with van der Waals surface area (Å²) in [4.78, 5) is 18.8. The highest BCUT2D eigenvalue weighted by molar-refractivity contribution is 5.86. The molecule has 0 aromatic rings. The molecule has 17 heavy (non-hydrogen) atoms. The van der Waals surface area contributed by atoms with Crippen molar-refractivity contribution in [2.45, 2.75) is 0 Å². The van der Waals surface area contributed by atoms with Crippen molar-refractivity contribution in [3.05, 3.63) is 0 Å². The fourth-order valence-electron chi connectivity index (χ4n) is 3.12. The van der Waals surface area contributed by atoms with E-state index < -0.39 is 0 Å². The molecule has 2 fully saturated rings. The lowest BCUT2D eigenvalue weighted by Crippen LogP contribution is -2.42. The maximum absolute atomic E-state index is 4.60. The Kier molecular flexibility index (Phi) is 1.98. The average molecular weight is 234 g/mol. The summed E-state index contributed by atoms with van der Waals surface area (Å²) in [6.45, 7) is 9.64. The second-order valence-corrected chi connectivity index (χ2v) is 5.01. The summed E-state index contributed by atoms with van der Waals surface area (Å²) in [5, 5.41) is 0. The highest BCUT2D eigenvalue weighted by atomic mass is 15.5. The molecule has 0 bridgehead atoms. The summed E-state index contributed by atoms with van der Waals surface area (Å²) in [5.41, 5.74) is 0. The van der Waals surface area contributed by atoms with Crippen LogP contribution in [0, 0.1) is 0 Å². The molecule has 92 valence electrons. The van der Waals surface area contributed by atoms with Crippen LogP contribution in [0.1, 0.15) is 0 Å². The summed E-state index contributed by atoms with van der Waals surface area (Å²) in [5.74, 6) is 2.42. The molecule has 0 radical (unpaired) electrons. The van der Waals surface area contributed by atoms with Gasteiger partial charge in [-0.2, -0.15) is 0 Å². The third-order valence-corrected chi connectivity index (χ3v) is 4.00. The van der Waals surface area contributed by atoms with Gasteiger partial charge in [0.2, 0.25) is 0 Å². The van der Waals surface area contributed by atoms with Crippen LogP contribution in [0.4, 0.5) is 0 Å². The smallest absolute Gasteiger partial charge is 0.198 e. The first kappa shape index (κ1) is 9.56. The molecule has 0 spiro atoms. The Bertz CT molecular complexity index is 353. The lowest BCUT2D eigenvalue weighted by Gasteiger charge is -2.26. The van der Waals surface area contributed by atoms with Crippen LogP contribution in [0.2, 0.25) is 0 Å². The molecular weight excluding hydrogens is 216 g/mol. The van der Waals surface area contributed by atoms with Crippen LogP contribution < -0.4 is 0 Å². The van der Waals surface area contributed by atoms with Crippen molar-refractivity contribution >= 4 is 11.9 Å². The first-order valence-electron chi connectivity index (χ1n) is 6.50. The van der Waals surface area contributed by atoms with Gasteiger partial charge in [-0.3, -0.25) is 9.98 Å². The third kappa shape index (κ3) is 1.39. The number of nitrogens with zero attached hydrogens (tertiary/aromatic N) is 6. The molecule has 0 aromatic carbocycles. The van der Waals surface area contributed by atoms with Crippen LogP contribution in [0.15, 0.2) is 9.98 Å². The Morgan fingerprint density at radius 1 is 0.706 bits per heavy atom. The van der Waals surface area contributed by atoms with Crippen molar-refractivity contribution in [3.63, 3.8) is 0 Å². The van der Waals surface area contributed by atoms with Gasteiger partial charge >= 0.3 is 0 Å². The summed E-state index contributed by atoms with van der Waals surface area (Å²) < 4.78 is 0. The number of rotatable bonds is 2. The van der Waals surface area contributed by atoms with Crippen molar-refractivity contribution in [2.24, 2.45) is 9.98 Å². The highest BCUT2D eigenvalue weighted by Crippen LogP contribution is 2.18. The van der Waals surface area contributed by atoms with E-state index in [1.807, 2.05) is 0 Å². The Morgan fingerprint density at radius 2 is 1.24 bits per heavy atom. The minimum Gasteiger partial charge on any atom is -0.339 e. The van der Waals surface area contributed by atoms with Crippen molar-refractivity contribution in [1.29, 1.82) is 0 Å². The standard InChI is InChI=1S/C11H18N6/c1-3-14-5-7-16(10(14)12-1)9-17-8-6-15-4-2-13-11(15)17/h1-9H2. The summed E-state index contributed by atoms with van der Waals surface area (Å²) >= 11 is 0. The number of hydrogen-bond donors (Lipinski definition) is 0. The maximum Gasteiger partial charge on any atom is 0.198 e. The van der Waals surface area contributed by atoms with Crippen LogP contribution in [0.5, 0.6) is 0 Å². The van der Waals surface area contributed by atoms with E-state index >= 15 is 0 Å². The van der Waals surface area contributed by atoms with E-state index in [1.165, 1.54) is 11.9 Å². The van der Waals surface area contributed by atoms with Crippen LogP contribution >= 0.6 is 0 Å². The Labute approximate surface area is 101 Å². The summed E-state index contributed by atoms with van der Waals surface area (Å²) in [6, 6.07) is 0. The molecule has 4 aliphatic heterocycles. The molecule has 6 nitrogen and oxygen atoms in total. The molecule has 4 rings (SSSR count). The first-order chi connectivity index (χ1) is 8.42. The second kappa shape index (κ2) is 3.51. The van der Waals surface area contributed by atoms with Crippen molar-refractivity contribution in [3.8, 4) is 0 Å². The van der Waals surface area contributed by atoms with Crippen molar-refractivity contribution < 1.29 is 0 Å². The van der Waals surface area contributed by atoms with Crippen LogP contribution in [-0.2, 0) is 0 Å². The average Bonchev–Trinajstić information content (AvgIpc) is 3.03. The minimum atomic E-state index is 0.963. The van der Waals surface area contributed by atoms with E-state index in [4.69, 9.17) is 0 Å². The molecule has 0 N–H and O–H groups in total. The SMILES string of the molecule is C1CN2CCN(CN3CCN4CCN=C43)C2=N1. The van der Waals surface area contributed by atoms with Gasteiger partial charge in [-0.25, -0.2) is 0 Å². The quantitative estimate of drug-likeness (QED) is 0.609. The highest BCUT2D eigenvalue weighted by Gasteiger charge is 2.34. The Hall–Kier alpha value is -1.46. The molecule has 6 heteroatoms. The molecule has 2 saturated heterocycles. The van der Waals surface area contributed by atoms with E-state index in [1.54, 1.807) is 0 Å². The van der Waals surface area contributed by atoms with Crippen LogP contribution in [0.25, 0.3) is 0 Å². The molecule has 0 unspecified atom stereocenters. The monoisotopic (exact) mass is 234 g/mol. The largest absolute Gasteiger partial charge is 0.339 e. The molecule has 4 heterocycles. The van der Waals surface area contributed by atoms with Gasteiger partial charge in [0.25, 0.3) is 0 Å². The van der Waals surface area contributed by atoms with Gasteiger partial charge < -0.3 is 19.6 Å². The third-order valence-electron chi connectivity index (χ3n) is 4.00. The molecule has 0 atom stereocenters. The topological polar surface area (TPSA) is 37.7 Å². The predicted molar refractivity (Wildman–Crippen MR) is 66.0 cm³/mol. The van der Waals surface area contributed by atoms with E-state index in [-0.39, 0.29) is 0 Å². The first-order valence-corrected chi connectivity index (χ1v) is 6.50. The normalized spacial score (nSPS) is 26.6. The minimum absolute atomic E-state index is 0.963. The Morgan fingerprint density at radius 3 is 1.76 bits per heavy atom. The molecule has 0 saturated carbocycles. The van der Waals surface area contributed by atoms with Crippen molar-refractivity contribution in [2.75, 3.05) is 59.0 Å². The lowest BCUT2D eigenvalue weighted by molar-refractivity contribution is 0.305. The van der Waals surface area contributed by atoms with Gasteiger partial charge in [-0.1, -0.05) is 0 Å². The number of hydrogen-bond acceptors (Lipinski definition) is 6. The molecule has 4 aliphatic rings. The number of aliphatic imine (C=N–C) groups is 2. The molecule has 0 aliphatic carbocycles. The fraction of sp³-hybridized carbons (Fsp3) is 0.818. The zero-order valence-corrected chi connectivity index (χ0v) is 10.0. The lowest BCUT2D eigenvalue weighted by atomic mass is 10.5. The van der Waals surface area contributed by atoms with E-state index in [0.29, 0.717) is 0 Å². The van der Waals surface area contributed by atoms with Crippen LogP contribution in [-0.4, -0.2) is 90.5 Å². The second-order valence-electron chi connectivity index (χ2n) is 5.01. The van der Waals surface area contributed by atoms with E-state index in [9.17, 15) is 0 Å². The molecular formula is C11H18N6. The van der Waals surface area contributed by atoms with Gasteiger partial charge in [-0.05, 0) is 0 Å². The van der Waals surface area contributed by atoms with Gasteiger partial charge in [-0.15, -0.1) is 0 Å². The number of guanidine groups is 2. The van der Waals surface area contributed by atoms with E-state index in [0.717, 1.165) is 59.0 Å². The summed E-state index contributed by atoms with van der Waals surface area (Å²) in [7, 11) is 0. The molecule has 0 amide bonds. The fourth-order valence-corrected chi connectivity index (χ4v) is 3.12. The molecule has 0 aromatic heterocycles. The maximum atomic E-state index is 4.60. The van der Waals surface area contributed by atoms with E-state index in [2.05, 4.69) is 29.6 Å².